The average Bonchev–Trinajstić information content (AvgIpc) is 2.27. The standard InChI is InChI=1S/C10H17NO5P2.BrH/c11-10(9-5-2-1-3-6-9)17(12,13)7-4-8-18(14,15)16;/h1-3,5-6,10H,4,7-8,11H2,(H,12,13)(H2,14,15,16);1H. The lowest BCUT2D eigenvalue weighted by molar-refractivity contribution is 0.372. The van der Waals surface area contributed by atoms with E-state index in [1.807, 2.05) is 0 Å². The molecule has 5 N–H and O–H groups in total. The second-order valence-electron chi connectivity index (χ2n) is 4.08. The van der Waals surface area contributed by atoms with Crippen LogP contribution in [-0.4, -0.2) is 27.0 Å². The molecular formula is C10H18BrNO5P2. The van der Waals surface area contributed by atoms with Crippen LogP contribution in [0.2, 0.25) is 0 Å². The first-order chi connectivity index (χ1) is 8.22. The predicted octanol–water partition coefficient (Wildman–Crippen LogP) is 2.06. The highest BCUT2D eigenvalue weighted by molar-refractivity contribution is 8.93. The molecule has 0 bridgehead atoms. The number of rotatable bonds is 6. The maximum absolute atomic E-state index is 12.0. The molecular weight excluding hydrogens is 356 g/mol. The number of nitrogens with two attached hydrogens (primary N) is 1. The van der Waals surface area contributed by atoms with Crippen molar-refractivity contribution >= 4 is 31.9 Å². The molecule has 9 heteroatoms. The van der Waals surface area contributed by atoms with E-state index in [2.05, 4.69) is 0 Å². The van der Waals surface area contributed by atoms with E-state index in [1.54, 1.807) is 30.3 Å². The van der Waals surface area contributed by atoms with Crippen LogP contribution in [0.4, 0.5) is 0 Å². The molecule has 0 saturated heterocycles. The molecule has 1 aromatic rings. The van der Waals surface area contributed by atoms with Crippen molar-refractivity contribution in [1.29, 1.82) is 0 Å². The molecule has 0 aromatic heterocycles. The van der Waals surface area contributed by atoms with E-state index in [1.165, 1.54) is 0 Å². The van der Waals surface area contributed by atoms with Gasteiger partial charge in [-0.05, 0) is 12.0 Å². The largest absolute Gasteiger partial charge is 0.343 e. The highest BCUT2D eigenvalue weighted by atomic mass is 79.9. The Kier molecular flexibility index (Phi) is 7.70. The van der Waals surface area contributed by atoms with Gasteiger partial charge in [0.15, 0.2) is 0 Å². The number of hydrogen-bond acceptors (Lipinski definition) is 3. The predicted molar refractivity (Wildman–Crippen MR) is 79.9 cm³/mol. The quantitative estimate of drug-likeness (QED) is 0.566. The van der Waals surface area contributed by atoms with Crippen molar-refractivity contribution in [3.05, 3.63) is 35.9 Å². The Bertz CT molecular complexity index is 478. The number of hydrogen-bond donors (Lipinski definition) is 4. The Labute approximate surface area is 122 Å². The molecule has 110 valence electrons. The van der Waals surface area contributed by atoms with Gasteiger partial charge in [0.05, 0.1) is 6.16 Å². The van der Waals surface area contributed by atoms with Crippen LogP contribution >= 0.6 is 31.9 Å². The molecule has 0 amide bonds. The van der Waals surface area contributed by atoms with Gasteiger partial charge in [-0.2, -0.15) is 0 Å². The van der Waals surface area contributed by atoms with Crippen LogP contribution in [-0.2, 0) is 9.13 Å². The summed E-state index contributed by atoms with van der Waals surface area (Å²) < 4.78 is 22.6. The molecule has 0 saturated carbocycles. The fourth-order valence-corrected chi connectivity index (χ4v) is 3.87. The summed E-state index contributed by atoms with van der Waals surface area (Å²) in [6, 6.07) is 8.50. The zero-order valence-corrected chi connectivity index (χ0v) is 13.6. The van der Waals surface area contributed by atoms with Crippen molar-refractivity contribution in [3.63, 3.8) is 0 Å². The first-order valence-corrected chi connectivity index (χ1v) is 9.10. The third-order valence-electron chi connectivity index (χ3n) is 2.50. The lowest BCUT2D eigenvalue weighted by Gasteiger charge is -2.19. The molecule has 19 heavy (non-hydrogen) atoms. The summed E-state index contributed by atoms with van der Waals surface area (Å²) >= 11 is 0. The fraction of sp³-hybridized carbons (Fsp3) is 0.400. The second kappa shape index (κ2) is 7.70. The van der Waals surface area contributed by atoms with Crippen molar-refractivity contribution in [3.8, 4) is 0 Å². The molecule has 2 unspecified atom stereocenters. The summed E-state index contributed by atoms with van der Waals surface area (Å²) in [6.07, 6.45) is -0.633. The smallest absolute Gasteiger partial charge is 0.325 e. The lowest BCUT2D eigenvalue weighted by atomic mass is 10.2. The van der Waals surface area contributed by atoms with Crippen LogP contribution in [0.1, 0.15) is 17.8 Å². The van der Waals surface area contributed by atoms with Crippen LogP contribution in [0, 0.1) is 0 Å². The second-order valence-corrected chi connectivity index (χ2v) is 8.37. The van der Waals surface area contributed by atoms with Crippen molar-refractivity contribution in [2.24, 2.45) is 5.73 Å². The molecule has 6 nitrogen and oxygen atoms in total. The molecule has 1 aromatic carbocycles. The Hall–Kier alpha value is -0.0000000000000000971. The van der Waals surface area contributed by atoms with Crippen molar-refractivity contribution in [2.45, 2.75) is 12.2 Å². The highest BCUT2D eigenvalue weighted by Crippen LogP contribution is 2.53. The molecule has 2 atom stereocenters. The monoisotopic (exact) mass is 373 g/mol. The molecule has 1 rings (SSSR count). The Morgan fingerprint density at radius 1 is 1.05 bits per heavy atom. The van der Waals surface area contributed by atoms with Crippen molar-refractivity contribution in [2.75, 3.05) is 12.3 Å². The van der Waals surface area contributed by atoms with Gasteiger partial charge in [-0.25, -0.2) is 0 Å². The van der Waals surface area contributed by atoms with E-state index in [0.29, 0.717) is 5.56 Å². The van der Waals surface area contributed by atoms with Gasteiger partial charge in [0, 0.05) is 6.16 Å². The van der Waals surface area contributed by atoms with Gasteiger partial charge in [-0.15, -0.1) is 17.0 Å². The minimum Gasteiger partial charge on any atom is -0.343 e. The zero-order valence-electron chi connectivity index (χ0n) is 10.1. The molecule has 0 spiro atoms. The van der Waals surface area contributed by atoms with E-state index in [9.17, 15) is 14.0 Å². The number of halogens is 1. The molecule has 0 aliphatic heterocycles. The van der Waals surface area contributed by atoms with Gasteiger partial charge in [0.2, 0.25) is 7.37 Å². The maximum atomic E-state index is 12.0. The Balaban J connectivity index is 0.00000324. The average molecular weight is 374 g/mol. The molecule has 0 radical (unpaired) electrons. The molecule has 0 aliphatic carbocycles. The topological polar surface area (TPSA) is 121 Å². The number of benzene rings is 1. The minimum atomic E-state index is -4.13. The first kappa shape index (κ1) is 19.0. The van der Waals surface area contributed by atoms with Crippen LogP contribution in [0.15, 0.2) is 30.3 Å². The summed E-state index contributed by atoms with van der Waals surface area (Å²) in [5.74, 6) is -1.02. The summed E-state index contributed by atoms with van der Waals surface area (Å²) in [6.45, 7) is 0. The van der Waals surface area contributed by atoms with Crippen molar-refractivity contribution < 1.29 is 23.8 Å². The summed E-state index contributed by atoms with van der Waals surface area (Å²) in [5, 5.41) is 0. The third-order valence-corrected chi connectivity index (χ3v) is 5.53. The SMILES string of the molecule is Br.NC(c1ccccc1)P(=O)(O)CCCP(=O)(O)O. The molecule has 0 heterocycles. The van der Waals surface area contributed by atoms with Crippen LogP contribution in [0.25, 0.3) is 0 Å². The third kappa shape index (κ3) is 6.82. The van der Waals surface area contributed by atoms with Crippen LogP contribution < -0.4 is 5.73 Å². The summed E-state index contributed by atoms with van der Waals surface area (Å²) in [5.41, 5.74) is 6.26. The zero-order chi connectivity index (χ0) is 13.8. The summed E-state index contributed by atoms with van der Waals surface area (Å²) in [4.78, 5) is 27.2. The fourth-order valence-electron chi connectivity index (χ4n) is 1.53. The van der Waals surface area contributed by atoms with Gasteiger partial charge in [-0.1, -0.05) is 30.3 Å². The van der Waals surface area contributed by atoms with E-state index in [4.69, 9.17) is 15.5 Å². The highest BCUT2D eigenvalue weighted by Gasteiger charge is 2.29. The van der Waals surface area contributed by atoms with Gasteiger partial charge < -0.3 is 20.4 Å². The van der Waals surface area contributed by atoms with Crippen LogP contribution in [0.3, 0.4) is 0 Å². The Morgan fingerprint density at radius 2 is 1.58 bits per heavy atom. The van der Waals surface area contributed by atoms with E-state index in [0.717, 1.165) is 0 Å². The Morgan fingerprint density at radius 3 is 2.05 bits per heavy atom. The lowest BCUT2D eigenvalue weighted by Crippen LogP contribution is -2.13. The molecule has 0 fully saturated rings. The van der Waals surface area contributed by atoms with Gasteiger partial charge in [-0.3, -0.25) is 9.13 Å². The van der Waals surface area contributed by atoms with E-state index >= 15 is 0 Å². The van der Waals surface area contributed by atoms with Gasteiger partial charge in [0.1, 0.15) is 5.78 Å². The van der Waals surface area contributed by atoms with Gasteiger partial charge in [0.25, 0.3) is 0 Å². The maximum Gasteiger partial charge on any atom is 0.325 e. The van der Waals surface area contributed by atoms with E-state index in [-0.39, 0.29) is 29.6 Å². The van der Waals surface area contributed by atoms with E-state index < -0.39 is 26.9 Å². The minimum absolute atomic E-state index is 0. The molecule has 0 aliphatic rings. The first-order valence-electron chi connectivity index (χ1n) is 5.39. The van der Waals surface area contributed by atoms with Gasteiger partial charge >= 0.3 is 7.60 Å². The summed E-state index contributed by atoms with van der Waals surface area (Å²) in [7, 11) is -7.78. The van der Waals surface area contributed by atoms with Crippen LogP contribution in [0.5, 0.6) is 0 Å². The normalized spacial score (nSPS) is 16.2. The van der Waals surface area contributed by atoms with Crippen molar-refractivity contribution in [1.82, 2.24) is 0 Å².